The van der Waals surface area contributed by atoms with Crippen LogP contribution in [0.5, 0.6) is 11.5 Å². The highest BCUT2D eigenvalue weighted by Crippen LogP contribution is 2.29. The first-order chi connectivity index (χ1) is 17.8. The highest BCUT2D eigenvalue weighted by molar-refractivity contribution is 7.20. The number of thiophene rings is 1. The van der Waals surface area contributed by atoms with Crippen molar-refractivity contribution in [3.8, 4) is 11.5 Å². The van der Waals surface area contributed by atoms with Gasteiger partial charge >= 0.3 is 0 Å². The summed E-state index contributed by atoms with van der Waals surface area (Å²) in [4.78, 5) is 35.5. The number of fused-ring (bicyclic) bond motifs is 1. The van der Waals surface area contributed by atoms with Crippen molar-refractivity contribution in [3.05, 3.63) is 92.8 Å². The lowest BCUT2D eigenvalue weighted by atomic mass is 10.2. The Morgan fingerprint density at radius 2 is 1.84 bits per heavy atom. The van der Waals surface area contributed by atoms with Crippen LogP contribution >= 0.6 is 11.3 Å². The van der Waals surface area contributed by atoms with Gasteiger partial charge in [0.1, 0.15) is 0 Å². The molecule has 1 aromatic heterocycles. The maximum atomic E-state index is 12.5. The van der Waals surface area contributed by atoms with E-state index < -0.39 is 10.8 Å². The largest absolute Gasteiger partial charge is 0.493 e. The Labute approximate surface area is 215 Å². The number of methoxy groups -OCH3 is 1. The summed E-state index contributed by atoms with van der Waals surface area (Å²) in [5.41, 5.74) is 4.80. The van der Waals surface area contributed by atoms with Crippen LogP contribution in [0.4, 0.5) is 11.4 Å². The van der Waals surface area contributed by atoms with Crippen LogP contribution in [0.2, 0.25) is 0 Å². The van der Waals surface area contributed by atoms with Gasteiger partial charge in [0.15, 0.2) is 18.1 Å². The number of nitrogens with zero attached hydrogens (tertiary/aromatic N) is 2. The van der Waals surface area contributed by atoms with Crippen LogP contribution in [0.1, 0.15) is 20.8 Å². The van der Waals surface area contributed by atoms with Crippen molar-refractivity contribution in [2.75, 3.05) is 19.0 Å². The molecule has 10 nitrogen and oxygen atoms in total. The molecule has 0 atom stereocenters. The summed E-state index contributed by atoms with van der Waals surface area (Å²) in [6.45, 7) is 1.76. The molecule has 0 unspecified atom stereocenters. The first-order valence-corrected chi connectivity index (χ1v) is 11.8. The van der Waals surface area contributed by atoms with Crippen LogP contribution in [-0.2, 0) is 4.79 Å². The van der Waals surface area contributed by atoms with Gasteiger partial charge in [-0.25, -0.2) is 5.43 Å². The number of aryl methyl sites for hydroxylation is 1. The van der Waals surface area contributed by atoms with Crippen LogP contribution in [-0.4, -0.2) is 36.7 Å². The number of carbonyl (C=O) groups is 2. The van der Waals surface area contributed by atoms with E-state index in [9.17, 15) is 19.7 Å². The fourth-order valence-corrected chi connectivity index (χ4v) is 4.27. The molecule has 37 heavy (non-hydrogen) atoms. The Bertz CT molecular complexity index is 1500. The summed E-state index contributed by atoms with van der Waals surface area (Å²) in [5, 5.41) is 18.3. The van der Waals surface area contributed by atoms with Gasteiger partial charge in [-0.3, -0.25) is 19.7 Å². The number of benzene rings is 3. The highest BCUT2D eigenvalue weighted by atomic mass is 32.1. The fraction of sp³-hybridized carbons (Fsp3) is 0.115. The second-order valence-corrected chi connectivity index (χ2v) is 8.99. The standard InChI is InChI=1S/C26H22N4O6S/c1-16-3-6-19(7-4-16)28-25(31)15-36-21-9-5-17(11-22(21)35-2)14-27-29-26(32)24-13-18-12-20(30(33)34)8-10-23(18)37-24/h3-14H,15H2,1-2H3,(H,28,31)(H,29,32)/b27-14-. The number of nitro benzene ring substituents is 1. The topological polar surface area (TPSA) is 132 Å². The summed E-state index contributed by atoms with van der Waals surface area (Å²) in [5.74, 6) is 0.0216. The zero-order valence-corrected chi connectivity index (χ0v) is 20.7. The first kappa shape index (κ1) is 25.3. The number of amides is 2. The van der Waals surface area contributed by atoms with E-state index >= 15 is 0 Å². The molecule has 0 spiro atoms. The Morgan fingerprint density at radius 1 is 1.05 bits per heavy atom. The minimum Gasteiger partial charge on any atom is -0.493 e. The summed E-state index contributed by atoms with van der Waals surface area (Å²) in [6.07, 6.45) is 1.44. The molecule has 0 fully saturated rings. The molecule has 188 valence electrons. The summed E-state index contributed by atoms with van der Waals surface area (Å²) < 4.78 is 11.7. The predicted molar refractivity (Wildman–Crippen MR) is 142 cm³/mol. The van der Waals surface area contributed by atoms with Gasteiger partial charge in [0.2, 0.25) is 0 Å². The van der Waals surface area contributed by atoms with Crippen molar-refractivity contribution >= 4 is 50.8 Å². The van der Waals surface area contributed by atoms with Crippen LogP contribution in [0.3, 0.4) is 0 Å². The number of nitro groups is 1. The molecule has 3 aromatic carbocycles. The molecular formula is C26H22N4O6S. The van der Waals surface area contributed by atoms with Gasteiger partial charge in [-0.15, -0.1) is 11.3 Å². The van der Waals surface area contributed by atoms with Gasteiger partial charge < -0.3 is 14.8 Å². The number of nitrogens with one attached hydrogen (secondary N) is 2. The van der Waals surface area contributed by atoms with Crippen molar-refractivity contribution in [3.63, 3.8) is 0 Å². The molecule has 11 heteroatoms. The predicted octanol–water partition coefficient (Wildman–Crippen LogP) is 4.91. The summed E-state index contributed by atoms with van der Waals surface area (Å²) in [7, 11) is 1.48. The zero-order chi connectivity index (χ0) is 26.4. The molecule has 0 saturated carbocycles. The third-order valence-corrected chi connectivity index (χ3v) is 6.31. The van der Waals surface area contributed by atoms with Crippen molar-refractivity contribution in [1.82, 2.24) is 5.43 Å². The minimum atomic E-state index is -0.480. The van der Waals surface area contributed by atoms with Crippen molar-refractivity contribution in [2.45, 2.75) is 6.92 Å². The molecule has 0 bridgehead atoms. The van der Waals surface area contributed by atoms with Gasteiger partial charge in [-0.1, -0.05) is 17.7 Å². The van der Waals surface area contributed by atoms with Crippen molar-refractivity contribution in [2.24, 2.45) is 5.10 Å². The van der Waals surface area contributed by atoms with E-state index in [-0.39, 0.29) is 18.2 Å². The average molecular weight is 519 g/mol. The molecule has 0 aliphatic carbocycles. The number of hydrogen-bond acceptors (Lipinski definition) is 8. The van der Waals surface area contributed by atoms with Crippen LogP contribution < -0.4 is 20.2 Å². The Morgan fingerprint density at radius 3 is 2.57 bits per heavy atom. The van der Waals surface area contributed by atoms with Gasteiger partial charge in [0, 0.05) is 27.9 Å². The Balaban J connectivity index is 1.34. The number of non-ortho nitro benzene ring substituents is 1. The first-order valence-electron chi connectivity index (χ1n) is 11.0. The van der Waals surface area contributed by atoms with Crippen molar-refractivity contribution < 1.29 is 24.0 Å². The normalized spacial score (nSPS) is 10.9. The Kier molecular flexibility index (Phi) is 7.74. The molecule has 0 aliphatic rings. The zero-order valence-electron chi connectivity index (χ0n) is 19.9. The maximum absolute atomic E-state index is 12.5. The SMILES string of the molecule is COc1cc(/C=N\NC(=O)c2cc3cc([N+](=O)[O-])ccc3s2)ccc1OCC(=O)Nc1ccc(C)cc1. The van der Waals surface area contributed by atoms with E-state index in [2.05, 4.69) is 15.8 Å². The molecule has 4 rings (SSSR count). The third-order valence-electron chi connectivity index (χ3n) is 5.20. The van der Waals surface area contributed by atoms with Gasteiger partial charge in [-0.05, 0) is 55.0 Å². The number of ether oxygens (including phenoxy) is 2. The van der Waals surface area contributed by atoms with Gasteiger partial charge in [-0.2, -0.15) is 5.10 Å². The van der Waals surface area contributed by atoms with Gasteiger partial charge in [0.25, 0.3) is 17.5 Å². The second kappa shape index (κ2) is 11.3. The maximum Gasteiger partial charge on any atom is 0.281 e. The third kappa shape index (κ3) is 6.47. The lowest BCUT2D eigenvalue weighted by Gasteiger charge is -2.11. The number of anilines is 1. The smallest absolute Gasteiger partial charge is 0.281 e. The molecule has 2 N–H and O–H groups in total. The van der Waals surface area contributed by atoms with Gasteiger partial charge in [0.05, 0.1) is 23.1 Å². The lowest BCUT2D eigenvalue weighted by Crippen LogP contribution is -2.20. The quantitative estimate of drug-likeness (QED) is 0.184. The van der Waals surface area contributed by atoms with Crippen LogP contribution in [0.15, 0.2) is 71.8 Å². The fourth-order valence-electron chi connectivity index (χ4n) is 3.34. The van der Waals surface area contributed by atoms with E-state index in [1.165, 1.54) is 36.8 Å². The molecule has 2 amide bonds. The monoisotopic (exact) mass is 518 g/mol. The minimum absolute atomic E-state index is 0.0384. The van der Waals surface area contributed by atoms with E-state index in [0.717, 1.165) is 10.3 Å². The number of rotatable bonds is 9. The molecular weight excluding hydrogens is 496 g/mol. The Hall–Kier alpha value is -4.77. The van der Waals surface area contributed by atoms with E-state index in [0.29, 0.717) is 33.0 Å². The highest BCUT2D eigenvalue weighted by Gasteiger charge is 2.13. The molecule has 0 saturated heterocycles. The average Bonchev–Trinajstić information content (AvgIpc) is 3.33. The molecule has 1 heterocycles. The summed E-state index contributed by atoms with van der Waals surface area (Å²) in [6, 6.07) is 18.4. The van der Waals surface area contributed by atoms with E-state index in [4.69, 9.17) is 9.47 Å². The number of carbonyl (C=O) groups excluding carboxylic acids is 2. The molecule has 4 aromatic rings. The van der Waals surface area contributed by atoms with Crippen molar-refractivity contribution in [1.29, 1.82) is 0 Å². The summed E-state index contributed by atoms with van der Waals surface area (Å²) >= 11 is 1.21. The lowest BCUT2D eigenvalue weighted by molar-refractivity contribution is -0.384. The molecule has 0 radical (unpaired) electrons. The molecule has 0 aliphatic heterocycles. The number of hydrogen-bond donors (Lipinski definition) is 2. The van der Waals surface area contributed by atoms with E-state index in [1.54, 1.807) is 30.3 Å². The van der Waals surface area contributed by atoms with Crippen LogP contribution in [0, 0.1) is 17.0 Å². The van der Waals surface area contributed by atoms with Crippen LogP contribution in [0.25, 0.3) is 10.1 Å². The second-order valence-electron chi connectivity index (χ2n) is 7.90. The number of hydrazone groups is 1. The van der Waals surface area contributed by atoms with E-state index in [1.807, 2.05) is 31.2 Å².